The lowest BCUT2D eigenvalue weighted by molar-refractivity contribution is 0.0979. The Hall–Kier alpha value is -2.85. The minimum Gasteiger partial charge on any atom is -0.377 e. The summed E-state index contributed by atoms with van der Waals surface area (Å²) in [6.07, 6.45) is 1.74. The summed E-state index contributed by atoms with van der Waals surface area (Å²) >= 11 is 1.40. The summed E-state index contributed by atoms with van der Waals surface area (Å²) < 4.78 is 33.6. The number of amides is 1. The lowest BCUT2D eigenvalue weighted by atomic mass is 10.1. The lowest BCUT2D eigenvalue weighted by Crippen LogP contribution is -2.34. The predicted molar refractivity (Wildman–Crippen MR) is 130 cm³/mol. The summed E-state index contributed by atoms with van der Waals surface area (Å²) in [6, 6.07) is 18.0. The van der Waals surface area contributed by atoms with Crippen molar-refractivity contribution in [3.8, 4) is 0 Å². The predicted octanol–water partition coefficient (Wildman–Crippen LogP) is 4.50. The van der Waals surface area contributed by atoms with Crippen molar-refractivity contribution in [3.05, 3.63) is 66.2 Å². The number of carbonyl (C=O) groups is 1. The molecule has 9 heteroatoms. The average molecular weight is 482 g/mol. The number of sulfonamides is 1. The highest BCUT2D eigenvalue weighted by Gasteiger charge is 2.26. The van der Waals surface area contributed by atoms with Crippen LogP contribution in [0.4, 0.5) is 5.13 Å². The Morgan fingerprint density at radius 1 is 1.15 bits per heavy atom. The molecule has 7 nitrogen and oxygen atoms in total. The third kappa shape index (κ3) is 4.37. The fraction of sp³-hybridized carbons (Fsp3) is 0.250. The molecule has 1 fully saturated rings. The zero-order chi connectivity index (χ0) is 23.0. The molecular formula is C24H23N3O4S2. The highest BCUT2D eigenvalue weighted by atomic mass is 32.2. The van der Waals surface area contributed by atoms with Crippen molar-refractivity contribution in [2.75, 3.05) is 25.5 Å². The normalized spacial score (nSPS) is 16.6. The van der Waals surface area contributed by atoms with Crippen molar-refractivity contribution < 1.29 is 17.9 Å². The van der Waals surface area contributed by atoms with Crippen molar-refractivity contribution in [1.82, 2.24) is 9.29 Å². The van der Waals surface area contributed by atoms with Gasteiger partial charge in [-0.2, -0.15) is 4.31 Å². The molecule has 0 aliphatic carbocycles. The molecule has 5 rings (SSSR count). The molecule has 1 aliphatic heterocycles. The van der Waals surface area contributed by atoms with Crippen molar-refractivity contribution in [1.29, 1.82) is 0 Å². The topological polar surface area (TPSA) is 88.6 Å². The first kappa shape index (κ1) is 22.0. The standard InChI is InChI=1S/C24H23N3O4S2/c1-27(15-18-6-4-14-31-18)33(29,30)19-11-8-17(9-12-19)23(28)26-24-25-22-20-7-3-2-5-16(20)10-13-21(22)32-24/h2-3,5,7-13,18H,4,6,14-15H2,1H3,(H,25,26,28). The molecule has 0 radical (unpaired) electrons. The van der Waals surface area contributed by atoms with E-state index >= 15 is 0 Å². The van der Waals surface area contributed by atoms with Crippen LogP contribution in [-0.2, 0) is 14.8 Å². The number of nitrogens with zero attached hydrogens (tertiary/aromatic N) is 2. The maximum absolute atomic E-state index is 12.9. The van der Waals surface area contributed by atoms with Gasteiger partial charge in [0.1, 0.15) is 0 Å². The van der Waals surface area contributed by atoms with Gasteiger partial charge in [0.15, 0.2) is 5.13 Å². The SMILES string of the molecule is CN(CC1CCCO1)S(=O)(=O)c1ccc(C(=O)Nc2nc3c(ccc4ccccc43)s2)cc1. The highest BCUT2D eigenvalue weighted by Crippen LogP contribution is 2.32. The van der Waals surface area contributed by atoms with Crippen LogP contribution in [-0.4, -0.2) is 49.9 Å². The van der Waals surface area contributed by atoms with Gasteiger partial charge in [0.05, 0.1) is 21.2 Å². The van der Waals surface area contributed by atoms with Gasteiger partial charge in [-0.1, -0.05) is 41.7 Å². The van der Waals surface area contributed by atoms with Crippen LogP contribution in [0, 0.1) is 0 Å². The number of hydrogen-bond acceptors (Lipinski definition) is 6. The number of nitrogens with one attached hydrogen (secondary N) is 1. The molecule has 0 spiro atoms. The van der Waals surface area contributed by atoms with Gasteiger partial charge >= 0.3 is 0 Å². The number of benzene rings is 3. The van der Waals surface area contributed by atoms with Crippen LogP contribution in [0.5, 0.6) is 0 Å². The van der Waals surface area contributed by atoms with Gasteiger partial charge in [-0.3, -0.25) is 10.1 Å². The van der Waals surface area contributed by atoms with E-state index in [1.54, 1.807) is 7.05 Å². The second kappa shape index (κ2) is 8.83. The number of aromatic nitrogens is 1. The summed E-state index contributed by atoms with van der Waals surface area (Å²) in [7, 11) is -2.10. The Morgan fingerprint density at radius 3 is 2.70 bits per heavy atom. The molecule has 4 aromatic rings. The van der Waals surface area contributed by atoms with Crippen molar-refractivity contribution in [2.45, 2.75) is 23.8 Å². The molecule has 1 aromatic heterocycles. The van der Waals surface area contributed by atoms with E-state index in [0.717, 1.165) is 33.8 Å². The molecular weight excluding hydrogens is 458 g/mol. The molecule has 1 atom stereocenters. The first-order valence-corrected chi connectivity index (χ1v) is 12.9. The van der Waals surface area contributed by atoms with Gasteiger partial charge in [-0.25, -0.2) is 13.4 Å². The highest BCUT2D eigenvalue weighted by molar-refractivity contribution is 7.89. The number of thiazole rings is 1. The number of anilines is 1. The third-order valence-electron chi connectivity index (χ3n) is 5.81. The van der Waals surface area contributed by atoms with Gasteiger partial charge < -0.3 is 4.74 Å². The molecule has 1 saturated heterocycles. The Kier molecular flexibility index (Phi) is 5.88. The van der Waals surface area contributed by atoms with Crippen LogP contribution < -0.4 is 5.32 Å². The van der Waals surface area contributed by atoms with E-state index in [1.165, 1.54) is 39.9 Å². The van der Waals surface area contributed by atoms with E-state index in [0.29, 0.717) is 23.8 Å². The summed E-state index contributed by atoms with van der Waals surface area (Å²) in [5.74, 6) is -0.338. The maximum Gasteiger partial charge on any atom is 0.257 e. The number of hydrogen-bond donors (Lipinski definition) is 1. The van der Waals surface area contributed by atoms with Crippen LogP contribution in [0.2, 0.25) is 0 Å². The first-order chi connectivity index (χ1) is 15.9. The third-order valence-corrected chi connectivity index (χ3v) is 8.59. The molecule has 3 aromatic carbocycles. The van der Waals surface area contributed by atoms with Gasteiger partial charge in [0.2, 0.25) is 10.0 Å². The maximum atomic E-state index is 12.9. The minimum absolute atomic E-state index is 0.0687. The molecule has 33 heavy (non-hydrogen) atoms. The Balaban J connectivity index is 1.32. The van der Waals surface area contributed by atoms with E-state index in [9.17, 15) is 13.2 Å². The molecule has 0 bridgehead atoms. The smallest absolute Gasteiger partial charge is 0.257 e. The largest absolute Gasteiger partial charge is 0.377 e. The lowest BCUT2D eigenvalue weighted by Gasteiger charge is -2.20. The fourth-order valence-corrected chi connectivity index (χ4v) is 6.10. The van der Waals surface area contributed by atoms with E-state index < -0.39 is 10.0 Å². The number of rotatable bonds is 6. The molecule has 1 amide bonds. The molecule has 1 unspecified atom stereocenters. The summed E-state index contributed by atoms with van der Waals surface area (Å²) in [5, 5.41) is 5.46. The van der Waals surface area contributed by atoms with Gasteiger partial charge in [-0.05, 0) is 48.6 Å². The van der Waals surface area contributed by atoms with Gasteiger partial charge in [-0.15, -0.1) is 0 Å². The zero-order valence-corrected chi connectivity index (χ0v) is 19.7. The Labute approximate surface area is 196 Å². The Bertz CT molecular complexity index is 1430. The summed E-state index contributed by atoms with van der Waals surface area (Å²) in [6.45, 7) is 0.990. The number of fused-ring (bicyclic) bond motifs is 3. The van der Waals surface area contributed by atoms with Crippen molar-refractivity contribution in [3.63, 3.8) is 0 Å². The number of ether oxygens (including phenoxy) is 1. The minimum atomic E-state index is -3.65. The quantitative estimate of drug-likeness (QED) is 0.438. The van der Waals surface area contributed by atoms with E-state index in [1.807, 2.05) is 36.4 Å². The van der Waals surface area contributed by atoms with E-state index in [-0.39, 0.29) is 16.9 Å². The zero-order valence-electron chi connectivity index (χ0n) is 18.0. The van der Waals surface area contributed by atoms with Crippen LogP contribution >= 0.6 is 11.3 Å². The van der Waals surface area contributed by atoms with Crippen LogP contribution in [0.15, 0.2) is 65.6 Å². The van der Waals surface area contributed by atoms with Crippen LogP contribution in [0.1, 0.15) is 23.2 Å². The second-order valence-corrected chi connectivity index (χ2v) is 11.1. The number of likely N-dealkylation sites (N-methyl/N-ethyl adjacent to an activating group) is 1. The average Bonchev–Trinajstić information content (AvgIpc) is 3.48. The monoisotopic (exact) mass is 481 g/mol. The summed E-state index contributed by atoms with van der Waals surface area (Å²) in [4.78, 5) is 17.5. The van der Waals surface area contributed by atoms with E-state index in [2.05, 4.69) is 10.3 Å². The number of carbonyl (C=O) groups excluding carboxylic acids is 1. The van der Waals surface area contributed by atoms with Crippen LogP contribution in [0.3, 0.4) is 0 Å². The molecule has 0 saturated carbocycles. The van der Waals surface area contributed by atoms with Crippen LogP contribution in [0.25, 0.3) is 21.0 Å². The fourth-order valence-electron chi connectivity index (χ4n) is 4.02. The van der Waals surface area contributed by atoms with Gasteiger partial charge in [0, 0.05) is 31.1 Å². The molecule has 1 aliphatic rings. The van der Waals surface area contributed by atoms with Gasteiger partial charge in [0.25, 0.3) is 5.91 Å². The first-order valence-electron chi connectivity index (χ1n) is 10.7. The van der Waals surface area contributed by atoms with E-state index in [4.69, 9.17) is 4.74 Å². The van der Waals surface area contributed by atoms with Crippen molar-refractivity contribution >= 4 is 53.4 Å². The van der Waals surface area contributed by atoms with Crippen molar-refractivity contribution in [2.24, 2.45) is 0 Å². The molecule has 2 heterocycles. The second-order valence-electron chi connectivity index (χ2n) is 8.05. The Morgan fingerprint density at radius 2 is 1.94 bits per heavy atom. The summed E-state index contributed by atoms with van der Waals surface area (Å²) in [5.41, 5.74) is 1.21. The molecule has 170 valence electrons. The molecule has 1 N–H and O–H groups in total.